The Morgan fingerprint density at radius 3 is 2.71 bits per heavy atom. The minimum atomic E-state index is -0.612. The van der Waals surface area contributed by atoms with Gasteiger partial charge in [0, 0.05) is 23.2 Å². The molecule has 0 bridgehead atoms. The number of nitrogens with zero attached hydrogens (tertiary/aromatic N) is 1. The van der Waals surface area contributed by atoms with Crippen LogP contribution in [0.2, 0.25) is 0 Å². The van der Waals surface area contributed by atoms with E-state index in [0.717, 1.165) is 28.2 Å². The lowest BCUT2D eigenvalue weighted by atomic mass is 10.2. The summed E-state index contributed by atoms with van der Waals surface area (Å²) in [5.41, 5.74) is 0.727. The number of rotatable bonds is 5. The number of hydrogen-bond donors (Lipinski definition) is 1. The van der Waals surface area contributed by atoms with Gasteiger partial charge in [0.2, 0.25) is 5.75 Å². The van der Waals surface area contributed by atoms with E-state index in [-0.39, 0.29) is 11.4 Å². The van der Waals surface area contributed by atoms with Gasteiger partial charge in [-0.15, -0.1) is 0 Å². The molecule has 0 aliphatic rings. The van der Waals surface area contributed by atoms with Crippen molar-refractivity contribution in [2.75, 3.05) is 7.05 Å². The second kappa shape index (κ2) is 6.64. The molecule has 7 heteroatoms. The summed E-state index contributed by atoms with van der Waals surface area (Å²) in [6.45, 7) is 0.668. The van der Waals surface area contributed by atoms with Gasteiger partial charge >= 0.3 is 5.69 Å². The molecular weight excluding hydrogens is 343 g/mol. The Morgan fingerprint density at radius 1 is 1.33 bits per heavy atom. The minimum absolute atomic E-state index is 0.131. The van der Waals surface area contributed by atoms with Crippen LogP contribution in [0.15, 0.2) is 40.9 Å². The molecule has 0 unspecified atom stereocenters. The van der Waals surface area contributed by atoms with Gasteiger partial charge in [-0.25, -0.2) is 4.39 Å². The molecule has 1 N–H and O–H groups in total. The highest BCUT2D eigenvalue weighted by Gasteiger charge is 2.17. The van der Waals surface area contributed by atoms with Crippen LogP contribution in [-0.2, 0) is 6.54 Å². The first-order chi connectivity index (χ1) is 10.0. The van der Waals surface area contributed by atoms with Crippen LogP contribution in [0.3, 0.4) is 0 Å². The van der Waals surface area contributed by atoms with Crippen LogP contribution in [0.4, 0.5) is 10.1 Å². The topological polar surface area (TPSA) is 64.4 Å². The predicted octanol–water partition coefficient (Wildman–Crippen LogP) is 4.01. The van der Waals surface area contributed by atoms with E-state index in [1.54, 1.807) is 12.1 Å². The third-order valence-electron chi connectivity index (χ3n) is 2.74. The van der Waals surface area contributed by atoms with Crippen LogP contribution in [-0.4, -0.2) is 12.0 Å². The number of hydrogen-bond acceptors (Lipinski definition) is 4. The maximum Gasteiger partial charge on any atom is 0.311 e. The molecule has 0 saturated carbocycles. The molecule has 2 aromatic carbocycles. The van der Waals surface area contributed by atoms with Gasteiger partial charge in [0.25, 0.3) is 0 Å². The fourth-order valence-electron chi connectivity index (χ4n) is 1.77. The Labute approximate surface area is 129 Å². The summed E-state index contributed by atoms with van der Waals surface area (Å²) in [6.07, 6.45) is 0. The van der Waals surface area contributed by atoms with Crippen LogP contribution >= 0.6 is 15.9 Å². The maximum atomic E-state index is 13.2. The molecule has 0 amide bonds. The summed E-state index contributed by atoms with van der Waals surface area (Å²) in [4.78, 5) is 10.3. The average Bonchev–Trinajstić information content (AvgIpc) is 2.42. The normalized spacial score (nSPS) is 10.4. The van der Waals surface area contributed by atoms with Gasteiger partial charge in [-0.1, -0.05) is 22.0 Å². The SMILES string of the molecule is CNCc1ccc(Oc2cc(F)ccc2[N+](=O)[O-])cc1Br. The van der Waals surface area contributed by atoms with Gasteiger partial charge in [0.05, 0.1) is 4.92 Å². The van der Waals surface area contributed by atoms with Crippen molar-refractivity contribution < 1.29 is 14.1 Å². The fraction of sp³-hybridized carbons (Fsp3) is 0.143. The van der Waals surface area contributed by atoms with Crippen LogP contribution in [0, 0.1) is 15.9 Å². The molecule has 0 atom stereocenters. The summed E-state index contributed by atoms with van der Waals surface area (Å²) in [6, 6.07) is 8.27. The number of ether oxygens (including phenoxy) is 1. The summed E-state index contributed by atoms with van der Waals surface area (Å²) in [5.74, 6) is -0.342. The zero-order chi connectivity index (χ0) is 15.4. The van der Waals surface area contributed by atoms with Crippen LogP contribution < -0.4 is 10.1 Å². The predicted molar refractivity (Wildman–Crippen MR) is 80.0 cm³/mol. The molecule has 21 heavy (non-hydrogen) atoms. The Morgan fingerprint density at radius 2 is 2.10 bits per heavy atom. The zero-order valence-electron chi connectivity index (χ0n) is 11.1. The molecule has 0 spiro atoms. The van der Waals surface area contributed by atoms with E-state index >= 15 is 0 Å². The van der Waals surface area contributed by atoms with E-state index in [0.29, 0.717) is 12.3 Å². The molecule has 0 aliphatic heterocycles. The molecular formula is C14H12BrFN2O3. The lowest BCUT2D eigenvalue weighted by molar-refractivity contribution is -0.385. The number of halogens is 2. The lowest BCUT2D eigenvalue weighted by Gasteiger charge is -2.09. The van der Waals surface area contributed by atoms with Crippen molar-refractivity contribution >= 4 is 21.6 Å². The monoisotopic (exact) mass is 354 g/mol. The number of benzene rings is 2. The van der Waals surface area contributed by atoms with Gasteiger partial charge in [0.15, 0.2) is 0 Å². The lowest BCUT2D eigenvalue weighted by Crippen LogP contribution is -2.05. The molecule has 0 fully saturated rings. The van der Waals surface area contributed by atoms with Crippen molar-refractivity contribution in [2.45, 2.75) is 6.54 Å². The molecule has 110 valence electrons. The van der Waals surface area contributed by atoms with Crippen molar-refractivity contribution in [2.24, 2.45) is 0 Å². The summed E-state index contributed by atoms with van der Waals surface area (Å²) in [5, 5.41) is 13.9. The molecule has 0 saturated heterocycles. The van der Waals surface area contributed by atoms with E-state index in [4.69, 9.17) is 4.74 Å². The fourth-order valence-corrected chi connectivity index (χ4v) is 2.27. The van der Waals surface area contributed by atoms with E-state index in [1.165, 1.54) is 0 Å². The number of nitro groups is 1. The first-order valence-corrected chi connectivity index (χ1v) is 6.85. The minimum Gasteiger partial charge on any atom is -0.450 e. The Bertz CT molecular complexity index is 679. The van der Waals surface area contributed by atoms with E-state index in [1.807, 2.05) is 13.1 Å². The van der Waals surface area contributed by atoms with Crippen molar-refractivity contribution in [3.8, 4) is 11.5 Å². The Balaban J connectivity index is 2.32. The highest BCUT2D eigenvalue weighted by Crippen LogP contribution is 2.33. The van der Waals surface area contributed by atoms with Crippen molar-refractivity contribution in [3.63, 3.8) is 0 Å². The molecule has 5 nitrogen and oxygen atoms in total. The van der Waals surface area contributed by atoms with E-state index < -0.39 is 10.7 Å². The van der Waals surface area contributed by atoms with Gasteiger partial charge in [-0.2, -0.15) is 0 Å². The first-order valence-electron chi connectivity index (χ1n) is 6.06. The second-order valence-corrected chi connectivity index (χ2v) is 5.11. The van der Waals surface area contributed by atoms with Gasteiger partial charge in [0.1, 0.15) is 11.6 Å². The largest absolute Gasteiger partial charge is 0.450 e. The first kappa shape index (κ1) is 15.4. The third kappa shape index (κ3) is 3.77. The van der Waals surface area contributed by atoms with Crippen molar-refractivity contribution in [1.82, 2.24) is 5.32 Å². The Kier molecular flexibility index (Phi) is 4.87. The molecule has 2 rings (SSSR count). The quantitative estimate of drug-likeness (QED) is 0.650. The highest BCUT2D eigenvalue weighted by atomic mass is 79.9. The maximum absolute atomic E-state index is 13.2. The average molecular weight is 355 g/mol. The molecule has 0 radical (unpaired) electrons. The van der Waals surface area contributed by atoms with Crippen LogP contribution in [0.1, 0.15) is 5.56 Å². The Hall–Kier alpha value is -1.99. The molecule has 0 aromatic heterocycles. The van der Waals surface area contributed by atoms with E-state index in [2.05, 4.69) is 21.2 Å². The summed E-state index contributed by atoms with van der Waals surface area (Å²) < 4.78 is 19.5. The number of nitrogens with one attached hydrogen (secondary N) is 1. The van der Waals surface area contributed by atoms with Crippen LogP contribution in [0.5, 0.6) is 11.5 Å². The van der Waals surface area contributed by atoms with Crippen molar-refractivity contribution in [1.29, 1.82) is 0 Å². The third-order valence-corrected chi connectivity index (χ3v) is 3.48. The smallest absolute Gasteiger partial charge is 0.311 e. The van der Waals surface area contributed by atoms with E-state index in [9.17, 15) is 14.5 Å². The van der Waals surface area contributed by atoms with Crippen LogP contribution in [0.25, 0.3) is 0 Å². The molecule has 0 aliphatic carbocycles. The van der Waals surface area contributed by atoms with Gasteiger partial charge in [-0.3, -0.25) is 10.1 Å². The number of nitro benzene ring substituents is 1. The standard InChI is InChI=1S/C14H12BrFN2O3/c1-17-8-9-2-4-11(7-12(9)15)21-14-6-10(16)3-5-13(14)18(19)20/h2-7,17H,8H2,1H3. The summed E-state index contributed by atoms with van der Waals surface area (Å²) >= 11 is 3.40. The van der Waals surface area contributed by atoms with Gasteiger partial charge < -0.3 is 10.1 Å². The second-order valence-electron chi connectivity index (χ2n) is 4.25. The summed E-state index contributed by atoms with van der Waals surface area (Å²) in [7, 11) is 1.83. The zero-order valence-corrected chi connectivity index (χ0v) is 12.7. The highest BCUT2D eigenvalue weighted by molar-refractivity contribution is 9.10. The molecule has 0 heterocycles. The van der Waals surface area contributed by atoms with Crippen molar-refractivity contribution in [3.05, 3.63) is 62.4 Å². The molecule has 2 aromatic rings. The van der Waals surface area contributed by atoms with Gasteiger partial charge in [-0.05, 0) is 30.8 Å².